The number of aromatic amines is 1. The van der Waals surface area contributed by atoms with E-state index >= 15 is 8.78 Å². The normalized spacial score (nSPS) is 18.8. The summed E-state index contributed by atoms with van der Waals surface area (Å²) in [4.78, 5) is 16.0. The zero-order valence-electron chi connectivity index (χ0n) is 17.6. The van der Waals surface area contributed by atoms with E-state index in [0.717, 1.165) is 53.6 Å². The van der Waals surface area contributed by atoms with Gasteiger partial charge in [0, 0.05) is 34.8 Å². The molecule has 1 aliphatic rings. The van der Waals surface area contributed by atoms with Crippen LogP contribution >= 0.6 is 0 Å². The molecule has 0 saturated carbocycles. The number of hydrogen-bond acceptors (Lipinski definition) is 2. The zero-order chi connectivity index (χ0) is 22.9. The second kappa shape index (κ2) is 8.75. The van der Waals surface area contributed by atoms with E-state index < -0.39 is 23.0 Å². The Labute approximate surface area is 186 Å². The topological polar surface area (TPSA) is 56.3 Å². The molecule has 0 spiro atoms. The van der Waals surface area contributed by atoms with Gasteiger partial charge in [0.25, 0.3) is 0 Å². The third kappa shape index (κ3) is 3.77. The third-order valence-electron chi connectivity index (χ3n) is 6.03. The molecule has 32 heavy (non-hydrogen) atoms. The van der Waals surface area contributed by atoms with Crippen molar-refractivity contribution in [2.75, 3.05) is 13.1 Å². The lowest BCUT2D eigenvalue weighted by Crippen LogP contribution is -2.53. The number of rotatable bonds is 7. The molecule has 2 aromatic carbocycles. The van der Waals surface area contributed by atoms with E-state index in [2.05, 4.69) is 11.6 Å². The number of H-pyrrole nitrogens is 1. The number of hydrogen-bond donors (Lipinski definition) is 2. The van der Waals surface area contributed by atoms with Crippen LogP contribution in [0.3, 0.4) is 0 Å². The predicted molar refractivity (Wildman–Crippen MR) is 123 cm³/mol. The van der Waals surface area contributed by atoms with E-state index in [1.807, 2.05) is 29.2 Å². The van der Waals surface area contributed by atoms with E-state index in [9.17, 15) is 4.79 Å². The fourth-order valence-corrected chi connectivity index (χ4v) is 4.58. The van der Waals surface area contributed by atoms with Gasteiger partial charge in [0.15, 0.2) is 0 Å². The summed E-state index contributed by atoms with van der Waals surface area (Å²) in [6, 6.07) is 9.95. The summed E-state index contributed by atoms with van der Waals surface area (Å²) in [6.45, 7) is 4.83. The molecule has 2 heterocycles. The van der Waals surface area contributed by atoms with E-state index in [1.165, 1.54) is 0 Å². The van der Waals surface area contributed by atoms with Crippen molar-refractivity contribution in [3.05, 3.63) is 89.1 Å². The largest absolute Gasteiger partial charge is 0.478 e. The van der Waals surface area contributed by atoms with Crippen molar-refractivity contribution >= 4 is 30.8 Å². The molecule has 0 saturated heterocycles. The van der Waals surface area contributed by atoms with Crippen molar-refractivity contribution in [3.63, 3.8) is 0 Å². The predicted octanol–water partition coefficient (Wildman–Crippen LogP) is 4.74. The summed E-state index contributed by atoms with van der Waals surface area (Å²) in [5.41, 5.74) is 0.711. The first-order valence-electron chi connectivity index (χ1n) is 10.5. The summed E-state index contributed by atoms with van der Waals surface area (Å²) < 4.78 is 30.8. The number of carboxylic acids is 1. The van der Waals surface area contributed by atoms with Gasteiger partial charge in [-0.05, 0) is 61.2 Å². The number of para-hydroxylation sites is 1. The van der Waals surface area contributed by atoms with Gasteiger partial charge in [0.2, 0.25) is 0 Å². The fraction of sp³-hybridized carbons (Fsp3) is 0.240. The Morgan fingerprint density at radius 2 is 2.00 bits per heavy atom. The quantitative estimate of drug-likeness (QED) is 0.246. The number of fused-ring (bicyclic) bond motifs is 3. The van der Waals surface area contributed by atoms with Crippen LogP contribution in [0.4, 0.5) is 8.78 Å². The fourth-order valence-electron chi connectivity index (χ4n) is 4.58. The van der Waals surface area contributed by atoms with Crippen LogP contribution in [-0.2, 0) is 16.7 Å². The van der Waals surface area contributed by atoms with E-state index in [-0.39, 0.29) is 11.1 Å². The molecule has 1 aliphatic heterocycles. The molecule has 162 valence electrons. The van der Waals surface area contributed by atoms with Crippen LogP contribution in [0.1, 0.15) is 35.2 Å². The molecule has 4 nitrogen and oxygen atoms in total. The first-order chi connectivity index (χ1) is 15.4. The highest BCUT2D eigenvalue weighted by Gasteiger charge is 2.44. The van der Waals surface area contributed by atoms with Crippen molar-refractivity contribution in [1.82, 2.24) is 9.88 Å². The summed E-state index contributed by atoms with van der Waals surface area (Å²) in [5, 5.41) is 9.81. The van der Waals surface area contributed by atoms with Crippen LogP contribution in [0.2, 0.25) is 0 Å². The lowest BCUT2D eigenvalue weighted by Gasteiger charge is -2.46. The van der Waals surface area contributed by atoms with Crippen LogP contribution in [0.25, 0.3) is 17.0 Å². The minimum Gasteiger partial charge on any atom is -0.478 e. The first-order valence-corrected chi connectivity index (χ1v) is 10.5. The molecule has 0 aliphatic carbocycles. The molecule has 2 radical (unpaired) electrons. The van der Waals surface area contributed by atoms with Gasteiger partial charge in [-0.25, -0.2) is 13.6 Å². The molecular formula is C25H23BF2N2O2. The second-order valence-corrected chi connectivity index (χ2v) is 7.99. The van der Waals surface area contributed by atoms with Crippen molar-refractivity contribution in [2.45, 2.75) is 24.7 Å². The average molecular weight is 432 g/mol. The minimum atomic E-state index is -1.54. The van der Waals surface area contributed by atoms with Crippen molar-refractivity contribution in [3.8, 4) is 0 Å². The highest BCUT2D eigenvalue weighted by atomic mass is 19.1. The van der Waals surface area contributed by atoms with Crippen molar-refractivity contribution in [1.29, 1.82) is 0 Å². The first kappa shape index (κ1) is 22.0. The number of halogens is 2. The lowest BCUT2D eigenvalue weighted by atomic mass is 9.64. The Kier molecular flexibility index (Phi) is 6.02. The van der Waals surface area contributed by atoms with E-state index in [4.69, 9.17) is 13.0 Å². The second-order valence-electron chi connectivity index (χ2n) is 7.99. The molecule has 4 rings (SSSR count). The summed E-state index contributed by atoms with van der Waals surface area (Å²) in [6.07, 6.45) is 6.01. The zero-order valence-corrected chi connectivity index (χ0v) is 17.6. The Morgan fingerprint density at radius 1 is 1.28 bits per heavy atom. The number of carboxylic acid groups (broad SMARTS) is 1. The minimum absolute atomic E-state index is 0.112. The maximum atomic E-state index is 15.4. The number of carbonyl (C=O) groups is 1. The number of nitrogens with zero attached hydrogens (tertiary/aromatic N) is 1. The average Bonchev–Trinajstić information content (AvgIpc) is 3.14. The summed E-state index contributed by atoms with van der Waals surface area (Å²) in [5.74, 6) is -2.84. The Balaban J connectivity index is 1.90. The summed E-state index contributed by atoms with van der Waals surface area (Å²) in [7, 11) is 6.93. The van der Waals surface area contributed by atoms with Gasteiger partial charge in [-0.2, -0.15) is 0 Å². The molecular weight excluding hydrogens is 409 g/mol. The van der Waals surface area contributed by atoms with Crippen molar-refractivity contribution < 1.29 is 18.7 Å². The van der Waals surface area contributed by atoms with Crippen LogP contribution in [0.15, 0.2) is 55.1 Å². The van der Waals surface area contributed by atoms with Gasteiger partial charge in [-0.3, -0.25) is 4.90 Å². The molecule has 2 N–H and O–H groups in total. The van der Waals surface area contributed by atoms with Crippen LogP contribution in [0.5, 0.6) is 0 Å². The highest BCUT2D eigenvalue weighted by molar-refractivity contribution is 6.18. The van der Waals surface area contributed by atoms with Gasteiger partial charge in [0.05, 0.1) is 5.44 Å². The van der Waals surface area contributed by atoms with Crippen LogP contribution < -0.4 is 0 Å². The monoisotopic (exact) mass is 432 g/mol. The van der Waals surface area contributed by atoms with Crippen molar-refractivity contribution in [2.24, 2.45) is 0 Å². The van der Waals surface area contributed by atoms with Crippen LogP contribution in [0, 0.1) is 11.6 Å². The van der Waals surface area contributed by atoms with Gasteiger partial charge < -0.3 is 10.1 Å². The van der Waals surface area contributed by atoms with E-state index in [1.54, 1.807) is 6.08 Å². The maximum absolute atomic E-state index is 15.4. The number of aliphatic carboxylic acids is 1. The van der Waals surface area contributed by atoms with Gasteiger partial charge in [-0.15, -0.1) is 6.58 Å². The smallest absolute Gasteiger partial charge is 0.328 e. The SMILES string of the molecule is [B][C@@]1(c2c(F)cc(/C=C/C(=O)O)cc2F)c2[nH]c3ccccc3c2CCN1CCCC=C. The van der Waals surface area contributed by atoms with Gasteiger partial charge >= 0.3 is 5.97 Å². The number of benzene rings is 2. The molecule has 0 amide bonds. The molecule has 1 atom stereocenters. The lowest BCUT2D eigenvalue weighted by molar-refractivity contribution is -0.131. The number of allylic oxidation sites excluding steroid dienone is 1. The molecule has 1 aromatic heterocycles. The number of nitrogens with one attached hydrogen (secondary N) is 1. The van der Waals surface area contributed by atoms with E-state index in [0.29, 0.717) is 25.2 Å². The van der Waals surface area contributed by atoms with Gasteiger partial charge in [0.1, 0.15) is 19.5 Å². The van der Waals surface area contributed by atoms with Gasteiger partial charge in [-0.1, -0.05) is 24.3 Å². The van der Waals surface area contributed by atoms with Crippen LogP contribution in [-0.4, -0.2) is 41.9 Å². The standard InChI is InChI=1S/C25H23BF2N2O2/c1-2-3-6-12-30-13-11-18-17-7-4-5-8-21(17)29-24(18)25(30,26)23-19(27)14-16(15-20(23)28)9-10-22(31)32/h2,4-5,7-10,14-15,29H,1,3,6,11-13H2,(H,31,32)/b10-9+/t25-/m1/s1. The Morgan fingerprint density at radius 3 is 2.69 bits per heavy atom. The molecule has 0 fully saturated rings. The number of aromatic nitrogens is 1. The maximum Gasteiger partial charge on any atom is 0.328 e. The molecule has 0 bridgehead atoms. The Bertz CT molecular complexity index is 1200. The Hall–Kier alpha value is -3.19. The summed E-state index contributed by atoms with van der Waals surface area (Å²) >= 11 is 0. The highest BCUT2D eigenvalue weighted by Crippen LogP contribution is 2.43. The molecule has 0 unspecified atom stereocenters. The third-order valence-corrected chi connectivity index (χ3v) is 6.03. The number of unbranched alkanes of at least 4 members (excludes halogenated alkanes) is 1. The molecule has 7 heteroatoms. The molecule has 3 aromatic rings.